The zero-order chi connectivity index (χ0) is 32.3. The zero-order valence-electron chi connectivity index (χ0n) is 26.5. The summed E-state index contributed by atoms with van der Waals surface area (Å²) in [6, 6.07) is 63.3. The van der Waals surface area contributed by atoms with Crippen LogP contribution in [-0.4, -0.2) is 0 Å². The molecule has 0 fully saturated rings. The molecule has 0 saturated heterocycles. The van der Waals surface area contributed by atoms with E-state index in [4.69, 9.17) is 4.42 Å². The van der Waals surface area contributed by atoms with Gasteiger partial charge in [-0.2, -0.15) is 0 Å². The lowest BCUT2D eigenvalue weighted by molar-refractivity contribution is 0.669. The first-order valence-electron chi connectivity index (χ1n) is 16.6. The van der Waals surface area contributed by atoms with Crippen molar-refractivity contribution in [3.05, 3.63) is 176 Å². The maximum atomic E-state index is 6.33. The van der Waals surface area contributed by atoms with Gasteiger partial charge in [-0.05, 0) is 87.6 Å². The van der Waals surface area contributed by atoms with Gasteiger partial charge in [0.1, 0.15) is 11.2 Å². The molecule has 3 heteroatoms. The number of anilines is 3. The molecule has 0 radical (unpaired) electrons. The van der Waals surface area contributed by atoms with Crippen molar-refractivity contribution in [1.29, 1.82) is 0 Å². The average Bonchev–Trinajstić information content (AvgIpc) is 3.74. The summed E-state index contributed by atoms with van der Waals surface area (Å²) < 4.78 is 8.90. The highest BCUT2D eigenvalue weighted by Gasteiger charge is 2.21. The van der Waals surface area contributed by atoms with Crippen molar-refractivity contribution < 1.29 is 4.42 Å². The first-order chi connectivity index (χ1) is 24.3. The minimum absolute atomic E-state index is 0.899. The zero-order valence-corrected chi connectivity index (χ0v) is 27.3. The molecule has 10 rings (SSSR count). The Morgan fingerprint density at radius 1 is 0.408 bits per heavy atom. The Kier molecular flexibility index (Phi) is 6.39. The highest BCUT2D eigenvalue weighted by Crippen LogP contribution is 2.47. The highest BCUT2D eigenvalue weighted by molar-refractivity contribution is 7.26. The fourth-order valence-corrected chi connectivity index (χ4v) is 8.53. The molecular weight excluding hydrogens is 615 g/mol. The molecule has 2 nitrogen and oxygen atoms in total. The van der Waals surface area contributed by atoms with Gasteiger partial charge in [-0.15, -0.1) is 11.3 Å². The number of furan rings is 1. The Hall–Kier alpha value is -6.16. The van der Waals surface area contributed by atoms with Crippen LogP contribution in [0.15, 0.2) is 180 Å². The highest BCUT2D eigenvalue weighted by atomic mass is 32.1. The second-order valence-corrected chi connectivity index (χ2v) is 13.6. The number of rotatable bonds is 5. The van der Waals surface area contributed by atoms with Gasteiger partial charge in [0.25, 0.3) is 0 Å². The maximum Gasteiger partial charge on any atom is 0.136 e. The van der Waals surface area contributed by atoms with E-state index in [1.165, 1.54) is 47.8 Å². The molecule has 0 bridgehead atoms. The first-order valence-corrected chi connectivity index (χ1v) is 17.4. The summed E-state index contributed by atoms with van der Waals surface area (Å²) in [7, 11) is 0. The van der Waals surface area contributed by atoms with Crippen molar-refractivity contribution in [2.75, 3.05) is 4.90 Å². The summed E-state index contributed by atoms with van der Waals surface area (Å²) in [6.07, 6.45) is 0. The predicted molar refractivity (Wildman–Crippen MR) is 210 cm³/mol. The van der Waals surface area contributed by atoms with Crippen LogP contribution in [0.3, 0.4) is 0 Å². The SMILES string of the molecule is c1ccc(-c2cc(N(c3ccc4ccccc4c3)c3cccc4c3sc3ccccc34)ccc2-c2ccc3c(c2)oc2ccccc23)cc1. The Balaban J connectivity index is 1.22. The molecule has 230 valence electrons. The molecule has 8 aromatic carbocycles. The van der Waals surface area contributed by atoms with Crippen molar-refractivity contribution in [2.24, 2.45) is 0 Å². The van der Waals surface area contributed by atoms with Crippen molar-refractivity contribution in [3.8, 4) is 22.3 Å². The van der Waals surface area contributed by atoms with Gasteiger partial charge >= 0.3 is 0 Å². The van der Waals surface area contributed by atoms with E-state index >= 15 is 0 Å². The van der Waals surface area contributed by atoms with Crippen LogP contribution in [0.2, 0.25) is 0 Å². The molecule has 0 aliphatic carbocycles. The molecular formula is C46H29NOS. The second-order valence-electron chi connectivity index (χ2n) is 12.5. The number of nitrogens with zero attached hydrogens (tertiary/aromatic N) is 1. The standard InChI is InChI=1S/C46H29NOS/c1-2-12-31(13-3-1)41-29-35(24-26-36(41)33-22-25-38-37-15-6-8-19-43(37)48-44(38)28-33)47(34-23-21-30-11-4-5-14-32(30)27-34)42-18-10-17-40-39-16-7-9-20-45(39)49-46(40)42/h1-29H. The minimum Gasteiger partial charge on any atom is -0.456 e. The minimum atomic E-state index is 0.899. The van der Waals surface area contributed by atoms with Crippen LogP contribution in [0.1, 0.15) is 0 Å². The lowest BCUT2D eigenvalue weighted by Crippen LogP contribution is -2.10. The van der Waals surface area contributed by atoms with E-state index < -0.39 is 0 Å². The van der Waals surface area contributed by atoms with Gasteiger partial charge in [0, 0.05) is 37.6 Å². The molecule has 2 heterocycles. The molecule has 0 spiro atoms. The molecule has 0 saturated carbocycles. The molecule has 0 unspecified atom stereocenters. The van der Waals surface area contributed by atoms with E-state index in [9.17, 15) is 0 Å². The molecule has 2 aromatic heterocycles. The number of benzene rings is 8. The largest absolute Gasteiger partial charge is 0.456 e. The number of fused-ring (bicyclic) bond motifs is 7. The van der Waals surface area contributed by atoms with E-state index in [0.29, 0.717) is 0 Å². The average molecular weight is 644 g/mol. The summed E-state index contributed by atoms with van der Waals surface area (Å²) in [5.41, 5.74) is 9.84. The van der Waals surface area contributed by atoms with Crippen LogP contribution >= 0.6 is 11.3 Å². The normalized spacial score (nSPS) is 11.7. The molecule has 0 aliphatic rings. The third-order valence-electron chi connectivity index (χ3n) is 9.65. The van der Waals surface area contributed by atoms with E-state index in [-0.39, 0.29) is 0 Å². The second kappa shape index (κ2) is 11.2. The Bertz CT molecular complexity index is 2840. The lowest BCUT2D eigenvalue weighted by Gasteiger charge is -2.27. The number of thiophene rings is 1. The van der Waals surface area contributed by atoms with Crippen LogP contribution in [0, 0.1) is 0 Å². The fourth-order valence-electron chi connectivity index (χ4n) is 7.32. The topological polar surface area (TPSA) is 16.4 Å². The molecule has 0 aliphatic heterocycles. The van der Waals surface area contributed by atoms with Crippen LogP contribution < -0.4 is 4.90 Å². The van der Waals surface area contributed by atoms with Gasteiger partial charge in [0.2, 0.25) is 0 Å². The van der Waals surface area contributed by atoms with Crippen molar-refractivity contribution in [3.63, 3.8) is 0 Å². The van der Waals surface area contributed by atoms with Gasteiger partial charge in [0.05, 0.1) is 10.4 Å². The molecule has 0 N–H and O–H groups in total. The Morgan fingerprint density at radius 2 is 1.12 bits per heavy atom. The van der Waals surface area contributed by atoms with Crippen molar-refractivity contribution in [1.82, 2.24) is 0 Å². The summed E-state index contributed by atoms with van der Waals surface area (Å²) in [5.74, 6) is 0. The lowest BCUT2D eigenvalue weighted by atomic mass is 9.93. The van der Waals surface area contributed by atoms with E-state index in [2.05, 4.69) is 169 Å². The van der Waals surface area contributed by atoms with E-state index in [1.54, 1.807) is 0 Å². The monoisotopic (exact) mass is 643 g/mol. The van der Waals surface area contributed by atoms with Crippen LogP contribution in [0.5, 0.6) is 0 Å². The number of hydrogen-bond donors (Lipinski definition) is 0. The van der Waals surface area contributed by atoms with Crippen LogP contribution in [0.4, 0.5) is 17.1 Å². The Morgan fingerprint density at radius 3 is 2.04 bits per heavy atom. The van der Waals surface area contributed by atoms with Crippen LogP contribution in [0.25, 0.3) is 75.1 Å². The first kappa shape index (κ1) is 27.9. The smallest absolute Gasteiger partial charge is 0.136 e. The third kappa shape index (κ3) is 4.62. The van der Waals surface area contributed by atoms with E-state index in [0.717, 1.165) is 44.4 Å². The van der Waals surface area contributed by atoms with Gasteiger partial charge in [0.15, 0.2) is 0 Å². The van der Waals surface area contributed by atoms with Crippen molar-refractivity contribution >= 4 is 81.3 Å². The predicted octanol–water partition coefficient (Wildman–Crippen LogP) is 13.9. The molecule has 10 aromatic rings. The van der Waals surface area contributed by atoms with Gasteiger partial charge in [-0.1, -0.05) is 121 Å². The molecule has 0 atom stereocenters. The summed E-state index contributed by atoms with van der Waals surface area (Å²) in [6.45, 7) is 0. The maximum absolute atomic E-state index is 6.33. The number of hydrogen-bond acceptors (Lipinski definition) is 3. The fraction of sp³-hybridized carbons (Fsp3) is 0. The quantitative estimate of drug-likeness (QED) is 0.186. The third-order valence-corrected chi connectivity index (χ3v) is 10.9. The van der Waals surface area contributed by atoms with E-state index in [1.807, 2.05) is 23.5 Å². The summed E-state index contributed by atoms with van der Waals surface area (Å²) >= 11 is 1.86. The van der Waals surface area contributed by atoms with Gasteiger partial charge < -0.3 is 9.32 Å². The molecule has 49 heavy (non-hydrogen) atoms. The summed E-state index contributed by atoms with van der Waals surface area (Å²) in [4.78, 5) is 2.43. The summed E-state index contributed by atoms with van der Waals surface area (Å²) in [5, 5.41) is 7.30. The van der Waals surface area contributed by atoms with Gasteiger partial charge in [-0.25, -0.2) is 0 Å². The molecule has 0 amide bonds. The van der Waals surface area contributed by atoms with Crippen molar-refractivity contribution in [2.45, 2.75) is 0 Å². The number of para-hydroxylation sites is 1. The van der Waals surface area contributed by atoms with Crippen LogP contribution in [-0.2, 0) is 0 Å². The Labute approximate surface area is 287 Å². The van der Waals surface area contributed by atoms with Gasteiger partial charge in [-0.3, -0.25) is 0 Å².